The molecular weight excluding hydrogens is 589 g/mol. The molecule has 1 aliphatic heterocycles. The van der Waals surface area contributed by atoms with E-state index in [2.05, 4.69) is 4.98 Å². The van der Waals surface area contributed by atoms with Crippen molar-refractivity contribution < 1.29 is 46.1 Å². The van der Waals surface area contributed by atoms with E-state index in [9.17, 15) is 36.6 Å². The first-order valence-corrected chi connectivity index (χ1v) is 14.7. The summed E-state index contributed by atoms with van der Waals surface area (Å²) in [6, 6.07) is 7.18. The number of benzene rings is 1. The molecule has 8 nitrogen and oxygen atoms in total. The Labute approximate surface area is 253 Å². The maximum atomic E-state index is 14.0. The topological polar surface area (TPSA) is 92.2 Å². The molecule has 44 heavy (non-hydrogen) atoms. The number of aliphatic carboxylic acids is 1. The van der Waals surface area contributed by atoms with Crippen LogP contribution >= 0.6 is 0 Å². The van der Waals surface area contributed by atoms with Crippen LogP contribution in [0.4, 0.5) is 27.6 Å². The molecule has 1 aromatic heterocycles. The number of carbonyl (C=O) groups is 2. The van der Waals surface area contributed by atoms with Gasteiger partial charge in [-0.3, -0.25) is 9.59 Å². The van der Waals surface area contributed by atoms with Crippen molar-refractivity contribution >= 4 is 17.6 Å². The number of anilines is 1. The molecule has 1 aromatic carbocycles. The van der Waals surface area contributed by atoms with Gasteiger partial charge in [0, 0.05) is 37.5 Å². The standard InChI is InChI=1S/C31H38F5N3O5/c1-19(2)39(18-30(32,33)31(34,35)36)29(42)24-7-6-23(43-3)15-26(24)38-12-9-20(10-13-38)17-44-27-14-22(8-11-37-27)25(16-28(40)41)21-4-5-21/h6-8,11,14-15,19-21,25H,4-5,9-10,12-13,16-18H2,1-3H3,(H,40,41). The van der Waals surface area contributed by atoms with Crippen molar-refractivity contribution in [1.82, 2.24) is 9.88 Å². The van der Waals surface area contributed by atoms with E-state index in [4.69, 9.17) is 9.47 Å². The summed E-state index contributed by atoms with van der Waals surface area (Å²) in [5, 5.41) is 9.32. The van der Waals surface area contributed by atoms with E-state index < -0.39 is 36.6 Å². The monoisotopic (exact) mass is 627 g/mol. The Morgan fingerprint density at radius 2 is 1.75 bits per heavy atom. The predicted octanol–water partition coefficient (Wildman–Crippen LogP) is 6.40. The summed E-state index contributed by atoms with van der Waals surface area (Å²) in [6.45, 7) is 2.33. The van der Waals surface area contributed by atoms with Crippen LogP contribution in [0.15, 0.2) is 36.5 Å². The Hall–Kier alpha value is -3.64. The third kappa shape index (κ3) is 8.09. The summed E-state index contributed by atoms with van der Waals surface area (Å²) in [4.78, 5) is 31.6. The van der Waals surface area contributed by atoms with Crippen molar-refractivity contribution in [2.75, 3.05) is 38.3 Å². The number of carboxylic acids is 1. The molecular formula is C31H38F5N3O5. The molecule has 0 spiro atoms. The summed E-state index contributed by atoms with van der Waals surface area (Å²) in [7, 11) is 1.44. The first-order valence-electron chi connectivity index (χ1n) is 14.7. The SMILES string of the molecule is COc1ccc(C(=O)N(CC(F)(F)C(F)(F)F)C(C)C)c(N2CCC(COc3cc(C(CC(=O)O)C4CC4)ccn3)CC2)c1. The molecule has 242 valence electrons. The molecule has 1 saturated carbocycles. The van der Waals surface area contributed by atoms with Gasteiger partial charge in [0.05, 0.1) is 37.9 Å². The first-order chi connectivity index (χ1) is 20.7. The van der Waals surface area contributed by atoms with Crippen molar-refractivity contribution in [2.45, 2.75) is 70.0 Å². The quantitative estimate of drug-likeness (QED) is 0.257. The highest BCUT2D eigenvalue weighted by Gasteiger charge is 2.58. The molecule has 2 aromatic rings. The Morgan fingerprint density at radius 1 is 1.07 bits per heavy atom. The Kier molecular flexibility index (Phi) is 10.2. The second kappa shape index (κ2) is 13.6. The van der Waals surface area contributed by atoms with Gasteiger partial charge in [-0.15, -0.1) is 0 Å². The molecule has 4 rings (SSSR count). The first kappa shape index (κ1) is 33.3. The van der Waals surface area contributed by atoms with Crippen LogP contribution in [-0.4, -0.2) is 78.4 Å². The summed E-state index contributed by atoms with van der Waals surface area (Å²) in [5.41, 5.74) is 1.31. The van der Waals surface area contributed by atoms with Crippen LogP contribution in [0.2, 0.25) is 0 Å². The van der Waals surface area contributed by atoms with Crippen LogP contribution in [-0.2, 0) is 4.79 Å². The highest BCUT2D eigenvalue weighted by molar-refractivity contribution is 6.00. The highest BCUT2D eigenvalue weighted by atomic mass is 19.4. The molecule has 1 atom stereocenters. The number of amides is 1. The third-order valence-electron chi connectivity index (χ3n) is 8.30. The predicted molar refractivity (Wildman–Crippen MR) is 153 cm³/mol. The number of aromatic nitrogens is 1. The fourth-order valence-electron chi connectivity index (χ4n) is 5.55. The van der Waals surface area contributed by atoms with Crippen LogP contribution in [0.3, 0.4) is 0 Å². The number of methoxy groups -OCH3 is 1. The average Bonchev–Trinajstić information content (AvgIpc) is 3.82. The van der Waals surface area contributed by atoms with Gasteiger partial charge >= 0.3 is 18.1 Å². The average molecular weight is 628 g/mol. The van der Waals surface area contributed by atoms with Gasteiger partial charge in [0.15, 0.2) is 0 Å². The van der Waals surface area contributed by atoms with Crippen molar-refractivity contribution in [1.29, 1.82) is 0 Å². The molecule has 0 bridgehead atoms. The zero-order valence-corrected chi connectivity index (χ0v) is 24.9. The van der Waals surface area contributed by atoms with Gasteiger partial charge in [0.2, 0.25) is 5.88 Å². The van der Waals surface area contributed by atoms with E-state index in [1.54, 1.807) is 18.3 Å². The largest absolute Gasteiger partial charge is 0.497 e. The second-order valence-electron chi connectivity index (χ2n) is 11.8. The molecule has 2 aliphatic rings. The number of halogens is 5. The molecule has 1 amide bonds. The van der Waals surface area contributed by atoms with Gasteiger partial charge in [-0.2, -0.15) is 22.0 Å². The number of rotatable bonds is 13. The normalized spacial score (nSPS) is 17.0. The highest BCUT2D eigenvalue weighted by Crippen LogP contribution is 2.45. The number of carbonyl (C=O) groups excluding carboxylic acids is 1. The Balaban J connectivity index is 1.43. The minimum Gasteiger partial charge on any atom is -0.497 e. The lowest BCUT2D eigenvalue weighted by Crippen LogP contribution is -2.51. The van der Waals surface area contributed by atoms with Crippen LogP contribution in [0.1, 0.15) is 67.8 Å². The van der Waals surface area contributed by atoms with E-state index in [0.29, 0.717) is 60.7 Å². The Bertz CT molecular complexity index is 1310. The maximum absolute atomic E-state index is 14.0. The van der Waals surface area contributed by atoms with E-state index in [1.165, 1.54) is 33.1 Å². The van der Waals surface area contributed by atoms with Crippen molar-refractivity contribution in [3.8, 4) is 11.6 Å². The minimum atomic E-state index is -5.79. The van der Waals surface area contributed by atoms with Gasteiger partial charge < -0.3 is 24.4 Å². The van der Waals surface area contributed by atoms with Crippen molar-refractivity contribution in [3.63, 3.8) is 0 Å². The van der Waals surface area contributed by atoms with Crippen LogP contribution < -0.4 is 14.4 Å². The lowest BCUT2D eigenvalue weighted by molar-refractivity contribution is -0.285. The van der Waals surface area contributed by atoms with E-state index in [0.717, 1.165) is 18.4 Å². The number of alkyl halides is 5. The molecule has 2 fully saturated rings. The lowest BCUT2D eigenvalue weighted by Gasteiger charge is -2.36. The molecule has 1 unspecified atom stereocenters. The van der Waals surface area contributed by atoms with Gasteiger partial charge in [0.25, 0.3) is 5.91 Å². The van der Waals surface area contributed by atoms with Crippen molar-refractivity contribution in [2.24, 2.45) is 11.8 Å². The molecule has 2 heterocycles. The van der Waals surface area contributed by atoms with Crippen molar-refractivity contribution in [3.05, 3.63) is 47.7 Å². The lowest BCUT2D eigenvalue weighted by atomic mass is 9.92. The maximum Gasteiger partial charge on any atom is 0.455 e. The van der Waals surface area contributed by atoms with Crippen LogP contribution in [0.25, 0.3) is 0 Å². The number of nitrogens with zero attached hydrogens (tertiary/aromatic N) is 3. The molecule has 13 heteroatoms. The smallest absolute Gasteiger partial charge is 0.455 e. The number of ether oxygens (including phenoxy) is 2. The molecule has 1 aliphatic carbocycles. The zero-order valence-electron chi connectivity index (χ0n) is 24.9. The summed E-state index contributed by atoms with van der Waals surface area (Å²) in [6.07, 6.45) is -0.780. The number of hydrogen-bond acceptors (Lipinski definition) is 6. The molecule has 1 saturated heterocycles. The summed E-state index contributed by atoms with van der Waals surface area (Å²) >= 11 is 0. The molecule has 1 N–H and O–H groups in total. The van der Waals surface area contributed by atoms with Crippen LogP contribution in [0.5, 0.6) is 11.6 Å². The van der Waals surface area contributed by atoms with Gasteiger partial charge in [-0.05, 0) is 81.0 Å². The number of hydrogen-bond donors (Lipinski definition) is 1. The molecule has 0 radical (unpaired) electrons. The number of pyridine rings is 1. The minimum absolute atomic E-state index is 0.0137. The summed E-state index contributed by atoms with van der Waals surface area (Å²) < 4.78 is 78.2. The fourth-order valence-corrected chi connectivity index (χ4v) is 5.55. The third-order valence-corrected chi connectivity index (χ3v) is 8.30. The Morgan fingerprint density at radius 3 is 2.32 bits per heavy atom. The summed E-state index contributed by atoms with van der Waals surface area (Å²) in [5.74, 6) is -5.59. The van der Waals surface area contributed by atoms with Gasteiger partial charge in [0.1, 0.15) is 5.75 Å². The van der Waals surface area contributed by atoms with Gasteiger partial charge in [-0.1, -0.05) is 0 Å². The van der Waals surface area contributed by atoms with E-state index in [-0.39, 0.29) is 23.8 Å². The fraction of sp³-hybridized carbons (Fsp3) is 0.581. The zero-order chi connectivity index (χ0) is 32.2. The van der Waals surface area contributed by atoms with E-state index in [1.807, 2.05) is 11.0 Å². The number of piperidine rings is 1. The van der Waals surface area contributed by atoms with Gasteiger partial charge in [-0.25, -0.2) is 4.98 Å². The van der Waals surface area contributed by atoms with Crippen LogP contribution in [0, 0.1) is 11.8 Å². The van der Waals surface area contributed by atoms with E-state index >= 15 is 0 Å². The number of carboxylic acid groups (broad SMARTS) is 1. The second-order valence-corrected chi connectivity index (χ2v) is 11.8.